The molecule has 106 valence electrons. The Balaban J connectivity index is 2.37. The third-order valence-electron chi connectivity index (χ3n) is 3.16. The van der Waals surface area contributed by atoms with Crippen molar-refractivity contribution in [2.45, 2.75) is 12.5 Å². The number of nitrogens with one attached hydrogen (secondary N) is 1. The molecule has 0 bridgehead atoms. The van der Waals surface area contributed by atoms with Crippen LogP contribution in [0.25, 0.3) is 10.9 Å². The molecule has 0 unspecified atom stereocenters. The first-order valence-electron chi connectivity index (χ1n) is 6.01. The van der Waals surface area contributed by atoms with Crippen molar-refractivity contribution in [1.29, 1.82) is 0 Å². The van der Waals surface area contributed by atoms with Gasteiger partial charge in [-0.1, -0.05) is 6.07 Å². The molecule has 2 rings (SSSR count). The minimum atomic E-state index is -1.04. The van der Waals surface area contributed by atoms with E-state index in [-0.39, 0.29) is 6.42 Å². The number of hydrogen-bond donors (Lipinski definition) is 4. The fourth-order valence-corrected chi connectivity index (χ4v) is 2.12. The average molecular weight is 276 g/mol. The number of carboxylic acid groups (broad SMARTS) is 1. The molecule has 0 saturated carbocycles. The Hall–Kier alpha value is -2.54. The molecule has 0 fully saturated rings. The summed E-state index contributed by atoms with van der Waals surface area (Å²) in [6.07, 6.45) is 0.235. The number of nitrogens with zero attached hydrogens (tertiary/aromatic N) is 1. The molecule has 0 aliphatic heterocycles. The van der Waals surface area contributed by atoms with Crippen LogP contribution in [0.15, 0.2) is 24.3 Å². The summed E-state index contributed by atoms with van der Waals surface area (Å²) in [5.41, 5.74) is 12.9. The number of anilines is 1. The van der Waals surface area contributed by atoms with Crippen LogP contribution in [-0.4, -0.2) is 27.7 Å². The highest BCUT2D eigenvalue weighted by atomic mass is 16.4. The number of amides is 2. The molecule has 0 spiro atoms. The number of benzene rings is 1. The topological polar surface area (TPSA) is 123 Å². The third kappa shape index (κ3) is 2.72. The SMILES string of the molecule is Cn1c(C[C@H](N)C(=O)O)cc2ccc(NC(N)=O)cc21. The van der Waals surface area contributed by atoms with E-state index in [0.717, 1.165) is 16.6 Å². The van der Waals surface area contributed by atoms with Crippen molar-refractivity contribution in [3.05, 3.63) is 30.0 Å². The average Bonchev–Trinajstić information content (AvgIpc) is 2.66. The number of urea groups is 1. The highest BCUT2D eigenvalue weighted by Gasteiger charge is 2.15. The molecule has 1 aromatic carbocycles. The fourth-order valence-electron chi connectivity index (χ4n) is 2.12. The third-order valence-corrected chi connectivity index (χ3v) is 3.16. The lowest BCUT2D eigenvalue weighted by atomic mass is 10.1. The number of hydrogen-bond acceptors (Lipinski definition) is 3. The lowest BCUT2D eigenvalue weighted by Crippen LogP contribution is -2.32. The summed E-state index contributed by atoms with van der Waals surface area (Å²) in [5, 5.41) is 12.3. The van der Waals surface area contributed by atoms with Gasteiger partial charge in [0.25, 0.3) is 0 Å². The Bertz CT molecular complexity index is 678. The van der Waals surface area contributed by atoms with Crippen LogP contribution in [0.4, 0.5) is 10.5 Å². The second-order valence-electron chi connectivity index (χ2n) is 4.61. The lowest BCUT2D eigenvalue weighted by Gasteiger charge is -2.08. The van der Waals surface area contributed by atoms with Gasteiger partial charge >= 0.3 is 12.0 Å². The first kappa shape index (κ1) is 13.9. The van der Waals surface area contributed by atoms with Gasteiger partial charge in [0.15, 0.2) is 0 Å². The summed E-state index contributed by atoms with van der Waals surface area (Å²) in [5.74, 6) is -1.04. The van der Waals surface area contributed by atoms with Crippen LogP contribution in [0.5, 0.6) is 0 Å². The van der Waals surface area contributed by atoms with Crippen LogP contribution in [0.2, 0.25) is 0 Å². The molecule has 1 heterocycles. The molecular weight excluding hydrogens is 260 g/mol. The predicted octanol–water partition coefficient (Wildman–Crippen LogP) is 0.623. The molecule has 0 aliphatic carbocycles. The Morgan fingerprint density at radius 1 is 1.40 bits per heavy atom. The van der Waals surface area contributed by atoms with Gasteiger partial charge in [0, 0.05) is 24.8 Å². The predicted molar refractivity (Wildman–Crippen MR) is 75.4 cm³/mol. The first-order chi connectivity index (χ1) is 9.38. The Kier molecular flexibility index (Phi) is 3.62. The maximum atomic E-state index is 10.8. The number of carbonyl (C=O) groups excluding carboxylic acids is 1. The normalized spacial score (nSPS) is 12.3. The van der Waals surface area contributed by atoms with E-state index >= 15 is 0 Å². The van der Waals surface area contributed by atoms with Gasteiger partial charge < -0.3 is 26.5 Å². The summed E-state index contributed by atoms with van der Waals surface area (Å²) in [4.78, 5) is 21.6. The van der Waals surface area contributed by atoms with E-state index in [4.69, 9.17) is 16.6 Å². The zero-order valence-electron chi connectivity index (χ0n) is 11.0. The largest absolute Gasteiger partial charge is 0.480 e. The molecular formula is C13H16N4O3. The maximum absolute atomic E-state index is 10.8. The van der Waals surface area contributed by atoms with Gasteiger partial charge in [-0.3, -0.25) is 4.79 Å². The monoisotopic (exact) mass is 276 g/mol. The van der Waals surface area contributed by atoms with Crippen molar-refractivity contribution in [3.8, 4) is 0 Å². The van der Waals surface area contributed by atoms with Crippen LogP contribution in [0, 0.1) is 0 Å². The van der Waals surface area contributed by atoms with E-state index in [1.54, 1.807) is 12.1 Å². The quantitative estimate of drug-likeness (QED) is 0.653. The molecule has 20 heavy (non-hydrogen) atoms. The molecule has 6 N–H and O–H groups in total. The molecule has 0 radical (unpaired) electrons. The summed E-state index contributed by atoms with van der Waals surface area (Å²) >= 11 is 0. The lowest BCUT2D eigenvalue weighted by molar-refractivity contribution is -0.138. The van der Waals surface area contributed by atoms with Gasteiger partial charge in [-0.2, -0.15) is 0 Å². The van der Waals surface area contributed by atoms with Crippen LogP contribution >= 0.6 is 0 Å². The van der Waals surface area contributed by atoms with Gasteiger partial charge in [-0.05, 0) is 23.6 Å². The Morgan fingerprint density at radius 3 is 2.70 bits per heavy atom. The van der Waals surface area contributed by atoms with E-state index in [9.17, 15) is 9.59 Å². The van der Waals surface area contributed by atoms with Gasteiger partial charge in [-0.25, -0.2) is 4.79 Å². The fraction of sp³-hybridized carbons (Fsp3) is 0.231. The highest BCUT2D eigenvalue weighted by molar-refractivity contribution is 5.92. The van der Waals surface area contributed by atoms with Crippen LogP contribution in [-0.2, 0) is 18.3 Å². The van der Waals surface area contributed by atoms with E-state index in [1.807, 2.05) is 23.7 Å². The summed E-state index contributed by atoms with van der Waals surface area (Å²) in [7, 11) is 1.82. The molecule has 2 aromatic rings. The van der Waals surface area contributed by atoms with Gasteiger partial charge in [0.05, 0.1) is 5.52 Å². The molecule has 7 heteroatoms. The van der Waals surface area contributed by atoms with Crippen molar-refractivity contribution >= 4 is 28.6 Å². The summed E-state index contributed by atoms with van der Waals surface area (Å²) in [6.45, 7) is 0. The van der Waals surface area contributed by atoms with Gasteiger partial charge in [0.2, 0.25) is 0 Å². The molecule has 0 aliphatic rings. The number of aromatic nitrogens is 1. The Labute approximate surface area is 115 Å². The van der Waals surface area contributed by atoms with Crippen LogP contribution in [0.3, 0.4) is 0 Å². The minimum Gasteiger partial charge on any atom is -0.480 e. The molecule has 1 aromatic heterocycles. The molecule has 7 nitrogen and oxygen atoms in total. The summed E-state index contributed by atoms with van der Waals surface area (Å²) in [6, 6.07) is 5.64. The van der Waals surface area contributed by atoms with Crippen molar-refractivity contribution in [1.82, 2.24) is 4.57 Å². The second kappa shape index (κ2) is 5.22. The highest BCUT2D eigenvalue weighted by Crippen LogP contribution is 2.23. The smallest absolute Gasteiger partial charge is 0.320 e. The van der Waals surface area contributed by atoms with E-state index in [0.29, 0.717) is 5.69 Å². The number of primary amides is 1. The maximum Gasteiger partial charge on any atom is 0.320 e. The second-order valence-corrected chi connectivity index (χ2v) is 4.61. The zero-order chi connectivity index (χ0) is 14.9. The van der Waals surface area contributed by atoms with Crippen LogP contribution in [0.1, 0.15) is 5.69 Å². The number of carboxylic acids is 1. The number of fused-ring (bicyclic) bond motifs is 1. The van der Waals surface area contributed by atoms with Crippen molar-refractivity contribution in [2.75, 3.05) is 5.32 Å². The van der Waals surface area contributed by atoms with Gasteiger partial charge in [-0.15, -0.1) is 0 Å². The molecule has 2 amide bonds. The number of aryl methyl sites for hydroxylation is 1. The van der Waals surface area contributed by atoms with Crippen molar-refractivity contribution < 1.29 is 14.7 Å². The van der Waals surface area contributed by atoms with Crippen molar-refractivity contribution in [2.24, 2.45) is 18.5 Å². The van der Waals surface area contributed by atoms with Crippen LogP contribution < -0.4 is 16.8 Å². The number of carbonyl (C=O) groups is 2. The Morgan fingerprint density at radius 2 is 2.10 bits per heavy atom. The standard InChI is InChI=1S/C13H16N4O3/c1-17-9(6-10(14)12(18)19)4-7-2-3-8(5-11(7)17)16-13(15)20/h2-5,10H,6,14H2,1H3,(H,18,19)(H3,15,16,20)/t10-/m0/s1. The first-order valence-corrected chi connectivity index (χ1v) is 6.01. The minimum absolute atomic E-state index is 0.235. The number of rotatable bonds is 4. The van der Waals surface area contributed by atoms with E-state index in [1.165, 1.54) is 0 Å². The molecule has 1 atom stereocenters. The van der Waals surface area contributed by atoms with Crippen molar-refractivity contribution in [3.63, 3.8) is 0 Å². The van der Waals surface area contributed by atoms with E-state index in [2.05, 4.69) is 5.32 Å². The number of nitrogens with two attached hydrogens (primary N) is 2. The van der Waals surface area contributed by atoms with Gasteiger partial charge in [0.1, 0.15) is 6.04 Å². The summed E-state index contributed by atoms with van der Waals surface area (Å²) < 4.78 is 1.85. The number of aliphatic carboxylic acids is 1. The zero-order valence-corrected chi connectivity index (χ0v) is 11.0. The molecule has 0 saturated heterocycles. The van der Waals surface area contributed by atoms with E-state index < -0.39 is 18.0 Å².